The van der Waals surface area contributed by atoms with Crippen molar-refractivity contribution >= 4 is 50.6 Å². The molecule has 0 saturated heterocycles. The van der Waals surface area contributed by atoms with Gasteiger partial charge in [-0.25, -0.2) is 5.43 Å². The zero-order valence-electron chi connectivity index (χ0n) is 9.81. The molecule has 1 amide bonds. The fourth-order valence-electron chi connectivity index (χ4n) is 1.41. The van der Waals surface area contributed by atoms with Crippen molar-refractivity contribution in [3.8, 4) is 0 Å². The van der Waals surface area contributed by atoms with Gasteiger partial charge in [-0.3, -0.25) is 4.79 Å². The van der Waals surface area contributed by atoms with Gasteiger partial charge in [0, 0.05) is 19.2 Å². The molecular weight excluding hydrogens is 419 g/mol. The largest absolute Gasteiger partial charge is 0.271 e. The molecular formula is C14H10BrIN2O. The molecule has 96 valence electrons. The Kier molecular flexibility index (Phi) is 5.09. The minimum absolute atomic E-state index is 0.227. The highest BCUT2D eigenvalue weighted by Gasteiger charge is 2.03. The molecule has 19 heavy (non-hydrogen) atoms. The molecule has 0 radical (unpaired) electrons. The summed E-state index contributed by atoms with van der Waals surface area (Å²) in [7, 11) is 0. The monoisotopic (exact) mass is 428 g/mol. The SMILES string of the molecule is O=C(NN=Cc1ccccc1I)c1ccc(Br)cc1. The van der Waals surface area contributed by atoms with Gasteiger partial charge >= 0.3 is 0 Å². The number of hydrogen-bond donors (Lipinski definition) is 1. The van der Waals surface area contributed by atoms with Gasteiger partial charge in [0.15, 0.2) is 0 Å². The summed E-state index contributed by atoms with van der Waals surface area (Å²) in [6.45, 7) is 0. The van der Waals surface area contributed by atoms with Crippen LogP contribution < -0.4 is 5.43 Å². The van der Waals surface area contributed by atoms with E-state index in [1.54, 1.807) is 18.3 Å². The van der Waals surface area contributed by atoms with E-state index in [1.165, 1.54) is 0 Å². The van der Waals surface area contributed by atoms with E-state index in [-0.39, 0.29) is 5.91 Å². The number of benzene rings is 2. The Labute approximate surface area is 133 Å². The molecule has 0 atom stereocenters. The third-order valence-electron chi connectivity index (χ3n) is 2.38. The third kappa shape index (κ3) is 4.14. The van der Waals surface area contributed by atoms with Gasteiger partial charge in [-0.05, 0) is 52.9 Å². The molecule has 3 nitrogen and oxygen atoms in total. The van der Waals surface area contributed by atoms with Gasteiger partial charge in [-0.2, -0.15) is 5.10 Å². The normalized spacial score (nSPS) is 10.6. The molecule has 0 aliphatic heterocycles. The van der Waals surface area contributed by atoms with Crippen molar-refractivity contribution in [3.63, 3.8) is 0 Å². The lowest BCUT2D eigenvalue weighted by molar-refractivity contribution is 0.0955. The number of amides is 1. The van der Waals surface area contributed by atoms with Gasteiger partial charge in [0.2, 0.25) is 0 Å². The fraction of sp³-hybridized carbons (Fsp3) is 0. The first-order valence-electron chi connectivity index (χ1n) is 5.50. The number of rotatable bonds is 3. The van der Waals surface area contributed by atoms with Crippen LogP contribution in [-0.2, 0) is 0 Å². The summed E-state index contributed by atoms with van der Waals surface area (Å²) in [5, 5.41) is 3.96. The van der Waals surface area contributed by atoms with Gasteiger partial charge in [-0.1, -0.05) is 34.1 Å². The lowest BCUT2D eigenvalue weighted by Crippen LogP contribution is -2.17. The van der Waals surface area contributed by atoms with Gasteiger partial charge in [-0.15, -0.1) is 0 Å². The van der Waals surface area contributed by atoms with Crippen molar-refractivity contribution in [2.24, 2.45) is 5.10 Å². The van der Waals surface area contributed by atoms with E-state index in [9.17, 15) is 4.79 Å². The zero-order valence-corrected chi connectivity index (χ0v) is 13.6. The lowest BCUT2D eigenvalue weighted by atomic mass is 10.2. The fourth-order valence-corrected chi connectivity index (χ4v) is 2.20. The summed E-state index contributed by atoms with van der Waals surface area (Å²) in [5.74, 6) is -0.227. The summed E-state index contributed by atoms with van der Waals surface area (Å²) in [5.41, 5.74) is 4.05. The lowest BCUT2D eigenvalue weighted by Gasteiger charge is -2.00. The first kappa shape index (κ1) is 14.2. The standard InChI is InChI=1S/C14H10BrIN2O/c15-12-7-5-10(6-8-12)14(19)18-17-9-11-3-1-2-4-13(11)16/h1-9H,(H,18,19). The topological polar surface area (TPSA) is 41.5 Å². The second kappa shape index (κ2) is 6.81. The van der Waals surface area contributed by atoms with E-state index < -0.39 is 0 Å². The van der Waals surface area contributed by atoms with Crippen LogP contribution in [0.25, 0.3) is 0 Å². The van der Waals surface area contributed by atoms with Crippen LogP contribution in [0.2, 0.25) is 0 Å². The molecule has 1 N–H and O–H groups in total. The predicted molar refractivity (Wildman–Crippen MR) is 88.4 cm³/mol. The van der Waals surface area contributed by atoms with E-state index in [0.29, 0.717) is 5.56 Å². The van der Waals surface area contributed by atoms with Gasteiger partial charge < -0.3 is 0 Å². The van der Waals surface area contributed by atoms with Gasteiger partial charge in [0.05, 0.1) is 6.21 Å². The van der Waals surface area contributed by atoms with Crippen LogP contribution in [0.15, 0.2) is 58.1 Å². The summed E-state index contributed by atoms with van der Waals surface area (Å²) >= 11 is 5.55. The van der Waals surface area contributed by atoms with E-state index >= 15 is 0 Å². The van der Waals surface area contributed by atoms with Gasteiger partial charge in [0.25, 0.3) is 5.91 Å². The second-order valence-corrected chi connectivity index (χ2v) is 5.81. The van der Waals surface area contributed by atoms with E-state index in [4.69, 9.17) is 0 Å². The molecule has 2 aromatic rings. The molecule has 0 unspecified atom stereocenters. The molecule has 0 fully saturated rings. The Balaban J connectivity index is 2.01. The van der Waals surface area contributed by atoms with Crippen LogP contribution in [0.4, 0.5) is 0 Å². The molecule has 5 heteroatoms. The smallest absolute Gasteiger partial charge is 0.267 e. The molecule has 0 aliphatic rings. The minimum atomic E-state index is -0.227. The maximum absolute atomic E-state index is 11.8. The highest BCUT2D eigenvalue weighted by molar-refractivity contribution is 14.1. The molecule has 0 spiro atoms. The molecule has 0 aliphatic carbocycles. The quantitative estimate of drug-likeness (QED) is 0.450. The number of hydrazone groups is 1. The number of hydrogen-bond acceptors (Lipinski definition) is 2. The van der Waals surface area contributed by atoms with Crippen molar-refractivity contribution in [1.29, 1.82) is 0 Å². The average molecular weight is 429 g/mol. The van der Waals surface area contributed by atoms with E-state index in [1.807, 2.05) is 36.4 Å². The maximum atomic E-state index is 11.8. The van der Waals surface area contributed by atoms with Crippen LogP contribution in [0, 0.1) is 3.57 Å². The van der Waals surface area contributed by atoms with Crippen LogP contribution in [0.1, 0.15) is 15.9 Å². The Morgan fingerprint density at radius 1 is 1.16 bits per heavy atom. The first-order chi connectivity index (χ1) is 9.16. The Morgan fingerprint density at radius 3 is 2.53 bits per heavy atom. The number of halogens is 2. The molecule has 0 heterocycles. The molecule has 0 aromatic heterocycles. The Hall–Kier alpha value is -1.21. The molecule has 0 bridgehead atoms. The second-order valence-electron chi connectivity index (χ2n) is 3.73. The first-order valence-corrected chi connectivity index (χ1v) is 7.37. The van der Waals surface area contributed by atoms with Crippen LogP contribution >= 0.6 is 38.5 Å². The minimum Gasteiger partial charge on any atom is -0.267 e. The number of carbonyl (C=O) groups is 1. The molecule has 0 saturated carbocycles. The third-order valence-corrected chi connectivity index (χ3v) is 3.89. The molecule has 2 rings (SSSR count). The number of nitrogens with one attached hydrogen (secondary N) is 1. The van der Waals surface area contributed by atoms with Crippen molar-refractivity contribution < 1.29 is 4.79 Å². The van der Waals surface area contributed by atoms with E-state index in [2.05, 4.69) is 49.0 Å². The number of nitrogens with zero attached hydrogens (tertiary/aromatic N) is 1. The van der Waals surface area contributed by atoms with Crippen molar-refractivity contribution in [3.05, 3.63) is 67.7 Å². The number of carbonyl (C=O) groups excluding carboxylic acids is 1. The summed E-state index contributed by atoms with van der Waals surface area (Å²) in [6, 6.07) is 14.9. The maximum Gasteiger partial charge on any atom is 0.271 e. The van der Waals surface area contributed by atoms with E-state index in [0.717, 1.165) is 13.6 Å². The predicted octanol–water partition coefficient (Wildman–Crippen LogP) is 3.82. The van der Waals surface area contributed by atoms with Crippen LogP contribution in [0.5, 0.6) is 0 Å². The highest BCUT2D eigenvalue weighted by atomic mass is 127. The van der Waals surface area contributed by atoms with Crippen molar-refractivity contribution in [2.75, 3.05) is 0 Å². The summed E-state index contributed by atoms with van der Waals surface area (Å²) in [6.07, 6.45) is 1.64. The van der Waals surface area contributed by atoms with Crippen LogP contribution in [0.3, 0.4) is 0 Å². The Morgan fingerprint density at radius 2 is 1.84 bits per heavy atom. The molecule has 2 aromatic carbocycles. The summed E-state index contributed by atoms with van der Waals surface area (Å²) < 4.78 is 2.02. The zero-order chi connectivity index (χ0) is 13.7. The Bertz CT molecular complexity index is 611. The van der Waals surface area contributed by atoms with Crippen molar-refractivity contribution in [2.45, 2.75) is 0 Å². The average Bonchev–Trinajstić information content (AvgIpc) is 2.41. The highest BCUT2D eigenvalue weighted by Crippen LogP contribution is 2.10. The van der Waals surface area contributed by atoms with Gasteiger partial charge in [0.1, 0.15) is 0 Å². The summed E-state index contributed by atoms with van der Waals surface area (Å²) in [4.78, 5) is 11.8. The van der Waals surface area contributed by atoms with Crippen LogP contribution in [-0.4, -0.2) is 12.1 Å². The van der Waals surface area contributed by atoms with Crippen molar-refractivity contribution in [1.82, 2.24) is 5.43 Å².